The fourth-order valence-electron chi connectivity index (χ4n) is 1.49. The molecule has 2 N–H and O–H groups in total. The normalized spacial score (nSPS) is 10.4. The number of benzene rings is 1. The van der Waals surface area contributed by atoms with E-state index in [9.17, 15) is 19.7 Å². The van der Waals surface area contributed by atoms with Crippen molar-refractivity contribution in [1.82, 2.24) is 10.4 Å². The summed E-state index contributed by atoms with van der Waals surface area (Å²) in [4.78, 5) is 36.9. The number of nitrogens with zero attached hydrogens (tertiary/aromatic N) is 3. The smallest absolute Gasteiger partial charge is 0.269 e. The minimum Gasteiger partial charge on any atom is -0.302 e. The molecular weight excluding hydrogens is 322 g/mol. The maximum absolute atomic E-state index is 11.5. The summed E-state index contributed by atoms with van der Waals surface area (Å²) in [7, 11) is 0. The summed E-state index contributed by atoms with van der Waals surface area (Å²) in [6.45, 7) is 0. The number of anilines is 1. The first-order chi connectivity index (χ1) is 11.0. The van der Waals surface area contributed by atoms with Gasteiger partial charge >= 0.3 is 0 Å². The van der Waals surface area contributed by atoms with Crippen LogP contribution in [0, 0.1) is 10.1 Å². The molecule has 23 heavy (non-hydrogen) atoms. The van der Waals surface area contributed by atoms with E-state index in [1.165, 1.54) is 48.0 Å². The number of nitrogens with one attached hydrogen (secondary N) is 2. The zero-order valence-corrected chi connectivity index (χ0v) is 12.4. The molecule has 0 radical (unpaired) electrons. The number of nitro benzene ring substituents is 1. The molecule has 0 saturated carbocycles. The molecule has 2 rings (SSSR count). The molecule has 0 saturated heterocycles. The molecule has 1 heterocycles. The highest BCUT2D eigenvalue weighted by Crippen LogP contribution is 2.11. The Morgan fingerprint density at radius 1 is 1.30 bits per heavy atom. The fraction of sp³-hybridized carbons (Fsp3) is 0.0769. The molecule has 0 atom stereocenters. The summed E-state index contributed by atoms with van der Waals surface area (Å²) < 4.78 is 0. The van der Waals surface area contributed by atoms with Crippen molar-refractivity contribution in [2.24, 2.45) is 5.10 Å². The van der Waals surface area contributed by atoms with Crippen molar-refractivity contribution in [2.75, 3.05) is 5.32 Å². The second kappa shape index (κ2) is 7.75. The molecule has 0 spiro atoms. The van der Waals surface area contributed by atoms with Crippen LogP contribution in [0.25, 0.3) is 0 Å². The van der Waals surface area contributed by atoms with E-state index in [2.05, 4.69) is 20.8 Å². The molecule has 1 aromatic carbocycles. The number of hydrazone groups is 1. The van der Waals surface area contributed by atoms with E-state index >= 15 is 0 Å². The molecule has 0 aliphatic rings. The van der Waals surface area contributed by atoms with E-state index in [1.54, 1.807) is 5.38 Å². The molecule has 10 heteroatoms. The predicted molar refractivity (Wildman–Crippen MR) is 84.2 cm³/mol. The Labute approximate surface area is 134 Å². The van der Waals surface area contributed by atoms with Crippen LogP contribution in [0.15, 0.2) is 40.9 Å². The fourth-order valence-corrected chi connectivity index (χ4v) is 2.04. The molecule has 118 valence electrons. The van der Waals surface area contributed by atoms with Crippen molar-refractivity contribution in [1.29, 1.82) is 0 Å². The molecule has 9 nitrogen and oxygen atoms in total. The SMILES string of the molecule is O=C(CC(=O)Nc1nccs1)N/N=C/c1ccc([N+](=O)[O-])cc1. The highest BCUT2D eigenvalue weighted by Gasteiger charge is 2.09. The van der Waals surface area contributed by atoms with Gasteiger partial charge in [-0.05, 0) is 17.7 Å². The van der Waals surface area contributed by atoms with E-state index < -0.39 is 23.2 Å². The lowest BCUT2D eigenvalue weighted by molar-refractivity contribution is -0.384. The summed E-state index contributed by atoms with van der Waals surface area (Å²) in [5, 5.41) is 18.8. The number of carbonyl (C=O) groups excluding carboxylic acids is 2. The monoisotopic (exact) mass is 333 g/mol. The third-order valence-corrected chi connectivity index (χ3v) is 3.20. The molecule has 0 fully saturated rings. The number of nitro groups is 1. The number of non-ortho nitro benzene ring substituents is 1. The Morgan fingerprint density at radius 2 is 2.04 bits per heavy atom. The Hall–Kier alpha value is -3.14. The zero-order valence-electron chi connectivity index (χ0n) is 11.6. The first-order valence-electron chi connectivity index (χ1n) is 6.30. The summed E-state index contributed by atoms with van der Waals surface area (Å²) in [5.41, 5.74) is 2.73. The van der Waals surface area contributed by atoms with E-state index in [0.29, 0.717) is 10.7 Å². The Balaban J connectivity index is 1.79. The van der Waals surface area contributed by atoms with Gasteiger partial charge in [0.15, 0.2) is 5.13 Å². The summed E-state index contributed by atoms with van der Waals surface area (Å²) >= 11 is 1.24. The van der Waals surface area contributed by atoms with Crippen LogP contribution in [0.4, 0.5) is 10.8 Å². The quantitative estimate of drug-likeness (QED) is 0.359. The van der Waals surface area contributed by atoms with Crippen LogP contribution in [-0.4, -0.2) is 27.9 Å². The predicted octanol–water partition coefficient (Wildman–Crippen LogP) is 1.53. The number of thiazole rings is 1. The highest BCUT2D eigenvalue weighted by atomic mass is 32.1. The van der Waals surface area contributed by atoms with Crippen LogP contribution >= 0.6 is 11.3 Å². The number of amides is 2. The second-order valence-corrected chi connectivity index (χ2v) is 5.10. The second-order valence-electron chi connectivity index (χ2n) is 4.20. The molecule has 0 aliphatic carbocycles. The number of hydrogen-bond acceptors (Lipinski definition) is 7. The molecule has 0 aliphatic heterocycles. The third kappa shape index (κ3) is 5.28. The van der Waals surface area contributed by atoms with Crippen LogP contribution in [-0.2, 0) is 9.59 Å². The lowest BCUT2D eigenvalue weighted by Gasteiger charge is -2.00. The van der Waals surface area contributed by atoms with Crippen molar-refractivity contribution in [3.63, 3.8) is 0 Å². The van der Waals surface area contributed by atoms with Crippen LogP contribution in [0.3, 0.4) is 0 Å². The van der Waals surface area contributed by atoms with Crippen molar-refractivity contribution in [2.45, 2.75) is 6.42 Å². The average molecular weight is 333 g/mol. The minimum absolute atomic E-state index is 0.0370. The van der Waals surface area contributed by atoms with E-state index in [1.807, 2.05) is 0 Å². The topological polar surface area (TPSA) is 127 Å². The van der Waals surface area contributed by atoms with Gasteiger partial charge in [0.25, 0.3) is 5.69 Å². The van der Waals surface area contributed by atoms with Gasteiger partial charge in [0.1, 0.15) is 6.42 Å². The van der Waals surface area contributed by atoms with Gasteiger partial charge < -0.3 is 5.32 Å². The minimum atomic E-state index is -0.586. The summed E-state index contributed by atoms with van der Waals surface area (Å²) in [5.74, 6) is -1.08. The number of hydrogen-bond donors (Lipinski definition) is 2. The first kappa shape index (κ1) is 16.2. The molecule has 2 aromatic rings. The van der Waals surface area contributed by atoms with Crippen LogP contribution in [0.1, 0.15) is 12.0 Å². The molecule has 0 bridgehead atoms. The maximum Gasteiger partial charge on any atom is 0.269 e. The van der Waals surface area contributed by atoms with Crippen LogP contribution in [0.2, 0.25) is 0 Å². The molecule has 2 amide bonds. The van der Waals surface area contributed by atoms with Gasteiger partial charge in [0, 0.05) is 23.7 Å². The van der Waals surface area contributed by atoms with Gasteiger partial charge in [-0.2, -0.15) is 5.10 Å². The average Bonchev–Trinajstić information content (AvgIpc) is 3.00. The van der Waals surface area contributed by atoms with Crippen LogP contribution < -0.4 is 10.7 Å². The Bertz CT molecular complexity index is 727. The van der Waals surface area contributed by atoms with Crippen molar-refractivity contribution in [3.8, 4) is 0 Å². The van der Waals surface area contributed by atoms with Gasteiger partial charge in [0.2, 0.25) is 11.8 Å². The summed E-state index contributed by atoms with van der Waals surface area (Å²) in [6, 6.07) is 5.63. The van der Waals surface area contributed by atoms with Gasteiger partial charge in [-0.15, -0.1) is 11.3 Å². The lowest BCUT2D eigenvalue weighted by Crippen LogP contribution is -2.24. The number of carbonyl (C=O) groups is 2. The van der Waals surface area contributed by atoms with Gasteiger partial charge in [-0.3, -0.25) is 19.7 Å². The summed E-state index contributed by atoms with van der Waals surface area (Å²) in [6.07, 6.45) is 2.46. The Morgan fingerprint density at radius 3 is 2.65 bits per heavy atom. The van der Waals surface area contributed by atoms with Crippen molar-refractivity contribution >= 4 is 40.2 Å². The molecular formula is C13H11N5O4S. The molecule has 0 unspecified atom stereocenters. The van der Waals surface area contributed by atoms with E-state index in [4.69, 9.17) is 0 Å². The van der Waals surface area contributed by atoms with Gasteiger partial charge in [0.05, 0.1) is 11.1 Å². The first-order valence-corrected chi connectivity index (χ1v) is 7.18. The molecule has 1 aromatic heterocycles. The number of aromatic nitrogens is 1. The largest absolute Gasteiger partial charge is 0.302 e. The van der Waals surface area contributed by atoms with Crippen molar-refractivity contribution in [3.05, 3.63) is 51.5 Å². The standard InChI is InChI=1S/C13H11N5O4S/c19-11(16-13-14-5-6-23-13)7-12(20)17-15-8-9-1-3-10(4-2-9)18(21)22/h1-6,8H,7H2,(H,17,20)(H,14,16,19)/b15-8+. The Kier molecular flexibility index (Phi) is 5.47. The highest BCUT2D eigenvalue weighted by molar-refractivity contribution is 7.13. The van der Waals surface area contributed by atoms with Gasteiger partial charge in [-0.25, -0.2) is 10.4 Å². The third-order valence-electron chi connectivity index (χ3n) is 2.51. The van der Waals surface area contributed by atoms with Crippen molar-refractivity contribution < 1.29 is 14.5 Å². The lowest BCUT2D eigenvalue weighted by atomic mass is 10.2. The number of rotatable bonds is 6. The van der Waals surface area contributed by atoms with E-state index in [-0.39, 0.29) is 5.69 Å². The van der Waals surface area contributed by atoms with Crippen LogP contribution in [0.5, 0.6) is 0 Å². The van der Waals surface area contributed by atoms with Gasteiger partial charge in [-0.1, -0.05) is 0 Å². The van der Waals surface area contributed by atoms with E-state index in [0.717, 1.165) is 0 Å². The zero-order chi connectivity index (χ0) is 16.7. The maximum atomic E-state index is 11.5.